The monoisotopic (exact) mass is 791 g/mol. The second-order valence-corrected chi connectivity index (χ2v) is 15.8. The maximum Gasteiger partial charge on any atom is 0.0708 e. The Balaban J connectivity index is 1.06. The fraction of sp³-hybridized carbons (Fsp3) is 0.0175. The van der Waals surface area contributed by atoms with Crippen LogP contribution in [-0.2, 0) is 6.42 Å². The van der Waals surface area contributed by atoms with E-state index in [0.29, 0.717) is 0 Å². The van der Waals surface area contributed by atoms with Crippen LogP contribution in [0.15, 0.2) is 213 Å². The summed E-state index contributed by atoms with van der Waals surface area (Å²) < 4.78 is 2.44. The van der Waals surface area contributed by atoms with Crippen LogP contribution in [0.25, 0.3) is 106 Å². The number of fused-ring (bicyclic) bond motifs is 6. The largest absolute Gasteiger partial charge is 0.309 e. The summed E-state index contributed by atoms with van der Waals surface area (Å²) in [5.41, 5.74) is 21.3. The van der Waals surface area contributed by atoms with Crippen LogP contribution >= 0.6 is 0 Å². The van der Waals surface area contributed by atoms with Gasteiger partial charge in [-0.2, -0.15) is 0 Å². The molecule has 5 aromatic heterocycles. The van der Waals surface area contributed by atoms with Crippen LogP contribution in [0.5, 0.6) is 0 Å². The maximum absolute atomic E-state index is 4.81. The lowest BCUT2D eigenvalue weighted by molar-refractivity contribution is 1.17. The molecule has 0 radical (unpaired) electrons. The van der Waals surface area contributed by atoms with Crippen molar-refractivity contribution in [2.75, 3.05) is 0 Å². The van der Waals surface area contributed by atoms with Crippen molar-refractivity contribution in [3.05, 3.63) is 224 Å². The molecule has 5 heteroatoms. The van der Waals surface area contributed by atoms with Gasteiger partial charge in [0, 0.05) is 63.5 Å². The third kappa shape index (κ3) is 6.02. The Bertz CT molecular complexity index is 3330. The molecule has 0 fully saturated rings. The molecule has 5 nitrogen and oxygen atoms in total. The molecule has 0 N–H and O–H groups in total. The van der Waals surface area contributed by atoms with Gasteiger partial charge in [-0.25, -0.2) is 0 Å². The van der Waals surface area contributed by atoms with E-state index in [1.165, 1.54) is 33.0 Å². The van der Waals surface area contributed by atoms with Crippen molar-refractivity contribution in [1.29, 1.82) is 0 Å². The minimum atomic E-state index is 0.860. The molecule has 0 atom stereocenters. The molecule has 5 heterocycles. The Hall–Kier alpha value is -8.28. The minimum absolute atomic E-state index is 0.860. The van der Waals surface area contributed by atoms with Gasteiger partial charge >= 0.3 is 0 Å². The molecule has 0 unspecified atom stereocenters. The van der Waals surface area contributed by atoms with Crippen molar-refractivity contribution in [3.8, 4) is 84.1 Å². The number of pyridine rings is 4. The molecule has 0 aliphatic heterocycles. The van der Waals surface area contributed by atoms with Crippen molar-refractivity contribution in [3.63, 3.8) is 0 Å². The Morgan fingerprint density at radius 2 is 0.742 bits per heavy atom. The highest BCUT2D eigenvalue weighted by Gasteiger charge is 2.25. The second-order valence-electron chi connectivity index (χ2n) is 15.8. The molecule has 0 saturated heterocycles. The molecule has 0 spiro atoms. The number of benzene rings is 6. The van der Waals surface area contributed by atoms with E-state index < -0.39 is 0 Å². The van der Waals surface area contributed by atoms with Crippen LogP contribution in [0.3, 0.4) is 0 Å². The first kappa shape index (κ1) is 35.6. The number of aromatic nitrogens is 5. The highest BCUT2D eigenvalue weighted by Crippen LogP contribution is 2.45. The topological polar surface area (TPSA) is 56.5 Å². The van der Waals surface area contributed by atoms with E-state index in [0.717, 1.165) is 90.4 Å². The average molecular weight is 792 g/mol. The van der Waals surface area contributed by atoms with Crippen molar-refractivity contribution in [2.45, 2.75) is 6.42 Å². The predicted molar refractivity (Wildman–Crippen MR) is 253 cm³/mol. The van der Waals surface area contributed by atoms with Crippen molar-refractivity contribution in [2.24, 2.45) is 0 Å². The third-order valence-corrected chi connectivity index (χ3v) is 12.3. The normalized spacial score (nSPS) is 11.8. The van der Waals surface area contributed by atoms with E-state index in [1.807, 2.05) is 61.2 Å². The van der Waals surface area contributed by atoms with Crippen molar-refractivity contribution >= 4 is 21.8 Å². The van der Waals surface area contributed by atoms with E-state index in [9.17, 15) is 0 Å². The molecule has 0 saturated carbocycles. The summed E-state index contributed by atoms with van der Waals surface area (Å²) in [6, 6.07) is 67.0. The SMILES string of the molecule is c1ccc(-c2ccccc2-c2ccc3c(c2)c2cc(-c4ccccc4-c4ccccn4)ccc2n3-c2ccc3c(c2)-c2cc(-c4ccccn4)c(-c4ccccn4)cc2C3)nc1. The van der Waals surface area contributed by atoms with Crippen LogP contribution < -0.4 is 0 Å². The first-order chi connectivity index (χ1) is 30.7. The number of nitrogens with zero attached hydrogens (tertiary/aromatic N) is 5. The second kappa shape index (κ2) is 14.8. The minimum Gasteiger partial charge on any atom is -0.309 e. The van der Waals surface area contributed by atoms with E-state index in [2.05, 4.69) is 156 Å². The highest BCUT2D eigenvalue weighted by molar-refractivity contribution is 6.12. The van der Waals surface area contributed by atoms with Gasteiger partial charge in [0.1, 0.15) is 0 Å². The molecular weight excluding hydrogens is 755 g/mol. The molecular formula is C57H37N5. The summed E-state index contributed by atoms with van der Waals surface area (Å²) >= 11 is 0. The molecule has 0 bridgehead atoms. The maximum atomic E-state index is 4.81. The Labute approximate surface area is 359 Å². The van der Waals surface area contributed by atoms with Crippen LogP contribution in [0.2, 0.25) is 0 Å². The molecule has 0 amide bonds. The molecule has 1 aliphatic rings. The van der Waals surface area contributed by atoms with E-state index >= 15 is 0 Å². The van der Waals surface area contributed by atoms with Gasteiger partial charge in [0.15, 0.2) is 0 Å². The Morgan fingerprint density at radius 1 is 0.306 bits per heavy atom. The van der Waals surface area contributed by atoms with Crippen molar-refractivity contribution < 1.29 is 0 Å². The average Bonchev–Trinajstić information content (AvgIpc) is 3.88. The lowest BCUT2D eigenvalue weighted by atomic mass is 9.94. The van der Waals surface area contributed by atoms with Gasteiger partial charge in [0.05, 0.1) is 33.8 Å². The Kier molecular flexibility index (Phi) is 8.49. The van der Waals surface area contributed by atoms with Gasteiger partial charge in [-0.05, 0) is 148 Å². The number of hydrogen-bond donors (Lipinski definition) is 0. The summed E-state index contributed by atoms with van der Waals surface area (Å²) in [6.45, 7) is 0. The third-order valence-electron chi connectivity index (χ3n) is 12.3. The van der Waals surface area contributed by atoms with Gasteiger partial charge < -0.3 is 4.57 Å². The van der Waals surface area contributed by atoms with Crippen LogP contribution in [0, 0.1) is 0 Å². The summed E-state index contributed by atoms with van der Waals surface area (Å²) in [5.74, 6) is 0. The van der Waals surface area contributed by atoms with Gasteiger partial charge in [0.25, 0.3) is 0 Å². The quantitative estimate of drug-likeness (QED) is 0.161. The molecule has 1 aliphatic carbocycles. The highest BCUT2D eigenvalue weighted by atomic mass is 15.0. The standard InChI is InChI=1S/C57H37N5/c1-3-15-44(52-17-5-9-27-58-52)42(13-1)38-22-25-56-50(32-38)51-33-39(43-14-2-4-16-45(43)53-18-6-10-28-59-53)23-26-57(51)62(56)41-24-21-37-31-40-34-48(54-19-7-11-29-60-54)49(36-47(40)46(37)35-41)55-20-8-12-30-61-55/h1-30,32-36H,31H2. The zero-order chi connectivity index (χ0) is 41.0. The molecule has 62 heavy (non-hydrogen) atoms. The predicted octanol–water partition coefficient (Wildman–Crippen LogP) is 13.9. The van der Waals surface area contributed by atoms with E-state index in [1.54, 1.807) is 0 Å². The summed E-state index contributed by atoms with van der Waals surface area (Å²) in [5, 5.41) is 2.37. The summed E-state index contributed by atoms with van der Waals surface area (Å²) in [6.07, 6.45) is 8.31. The first-order valence-corrected chi connectivity index (χ1v) is 21.0. The lowest BCUT2D eigenvalue weighted by Crippen LogP contribution is -1.95. The zero-order valence-corrected chi connectivity index (χ0v) is 33.7. The summed E-state index contributed by atoms with van der Waals surface area (Å²) in [4.78, 5) is 19.1. The number of hydrogen-bond acceptors (Lipinski definition) is 4. The van der Waals surface area contributed by atoms with E-state index in [-0.39, 0.29) is 0 Å². The van der Waals surface area contributed by atoms with Gasteiger partial charge in [-0.15, -0.1) is 0 Å². The zero-order valence-electron chi connectivity index (χ0n) is 33.7. The van der Waals surface area contributed by atoms with Gasteiger partial charge in [0.2, 0.25) is 0 Å². The smallest absolute Gasteiger partial charge is 0.0708 e. The summed E-state index contributed by atoms with van der Waals surface area (Å²) in [7, 11) is 0. The van der Waals surface area contributed by atoms with Crippen LogP contribution in [0.4, 0.5) is 0 Å². The van der Waals surface area contributed by atoms with Crippen LogP contribution in [-0.4, -0.2) is 24.5 Å². The molecule has 12 rings (SSSR count). The Morgan fingerprint density at radius 3 is 1.23 bits per heavy atom. The molecule has 290 valence electrons. The fourth-order valence-corrected chi connectivity index (χ4v) is 9.42. The van der Waals surface area contributed by atoms with Gasteiger partial charge in [-0.1, -0.05) is 91.0 Å². The molecule has 6 aromatic carbocycles. The van der Waals surface area contributed by atoms with Crippen LogP contribution in [0.1, 0.15) is 11.1 Å². The number of rotatable bonds is 7. The van der Waals surface area contributed by atoms with Crippen molar-refractivity contribution in [1.82, 2.24) is 24.5 Å². The molecule has 11 aromatic rings. The first-order valence-electron chi connectivity index (χ1n) is 21.0. The van der Waals surface area contributed by atoms with E-state index in [4.69, 9.17) is 19.9 Å². The fourth-order valence-electron chi connectivity index (χ4n) is 9.42. The lowest BCUT2D eigenvalue weighted by Gasteiger charge is -2.14. The van der Waals surface area contributed by atoms with Gasteiger partial charge in [-0.3, -0.25) is 19.9 Å².